The summed E-state index contributed by atoms with van der Waals surface area (Å²) >= 11 is 0. The van der Waals surface area contributed by atoms with Crippen LogP contribution in [0.2, 0.25) is 0 Å². The van der Waals surface area contributed by atoms with Crippen molar-refractivity contribution in [3.63, 3.8) is 0 Å². The van der Waals surface area contributed by atoms with Gasteiger partial charge in [-0.05, 0) is 19.4 Å². The number of ether oxygens (including phenoxy) is 1. The van der Waals surface area contributed by atoms with E-state index < -0.39 is 0 Å². The maximum Gasteiger partial charge on any atom is 0.120 e. The summed E-state index contributed by atoms with van der Waals surface area (Å²) in [5.74, 6) is 0. The number of hydrogen-bond acceptors (Lipinski definition) is 2. The van der Waals surface area contributed by atoms with Crippen LogP contribution in [0.3, 0.4) is 0 Å². The second-order valence-corrected chi connectivity index (χ2v) is 6.20. The van der Waals surface area contributed by atoms with Crippen molar-refractivity contribution in [2.45, 2.75) is 39.8 Å². The van der Waals surface area contributed by atoms with Crippen molar-refractivity contribution in [3.05, 3.63) is 35.4 Å². The lowest BCUT2D eigenvalue weighted by Gasteiger charge is -2.42. The van der Waals surface area contributed by atoms with Gasteiger partial charge in [0.05, 0.1) is 6.61 Å². The van der Waals surface area contributed by atoms with E-state index in [2.05, 4.69) is 57.3 Å². The molecule has 1 unspecified atom stereocenters. The molecule has 1 aliphatic rings. The third kappa shape index (κ3) is 3.98. The molecule has 0 aliphatic carbocycles. The Hall–Kier alpha value is -0.570. The molecule has 1 atom stereocenters. The van der Waals surface area contributed by atoms with Gasteiger partial charge in [-0.25, -0.2) is 0 Å². The number of nitrogens with one attached hydrogen (secondary N) is 1. The van der Waals surface area contributed by atoms with E-state index in [0.29, 0.717) is 0 Å². The SMILES string of the molecule is Cc1cccc(CC2(C)NCC(C)(C)CO2)c1.Cl. The summed E-state index contributed by atoms with van der Waals surface area (Å²) in [6, 6.07) is 8.64. The summed E-state index contributed by atoms with van der Waals surface area (Å²) < 4.78 is 6.01. The monoisotopic (exact) mass is 269 g/mol. The molecule has 1 heterocycles. The molecule has 0 radical (unpaired) electrons. The van der Waals surface area contributed by atoms with Crippen LogP contribution in [-0.2, 0) is 11.2 Å². The van der Waals surface area contributed by atoms with Gasteiger partial charge in [0.1, 0.15) is 5.72 Å². The summed E-state index contributed by atoms with van der Waals surface area (Å²) in [5, 5.41) is 3.53. The maximum absolute atomic E-state index is 6.01. The number of benzene rings is 1. The first-order valence-corrected chi connectivity index (χ1v) is 6.33. The Morgan fingerprint density at radius 3 is 2.56 bits per heavy atom. The molecule has 0 saturated carbocycles. The average molecular weight is 270 g/mol. The van der Waals surface area contributed by atoms with Crippen LogP contribution in [0.4, 0.5) is 0 Å². The van der Waals surface area contributed by atoms with Crippen LogP contribution in [-0.4, -0.2) is 18.9 Å². The molecule has 1 aromatic rings. The molecule has 0 spiro atoms. The standard InChI is InChI=1S/C15H23NO.ClH/c1-12-6-5-7-13(8-12)9-15(4)16-10-14(2,3)11-17-15;/h5-8,16H,9-11H2,1-4H3;1H. The van der Waals surface area contributed by atoms with Crippen molar-refractivity contribution in [2.75, 3.05) is 13.2 Å². The van der Waals surface area contributed by atoms with Crippen LogP contribution in [0, 0.1) is 12.3 Å². The number of hydrogen-bond donors (Lipinski definition) is 1. The summed E-state index contributed by atoms with van der Waals surface area (Å²) in [6.45, 7) is 10.6. The van der Waals surface area contributed by atoms with Gasteiger partial charge in [0.2, 0.25) is 0 Å². The minimum Gasteiger partial charge on any atom is -0.360 e. The van der Waals surface area contributed by atoms with Crippen LogP contribution in [0.25, 0.3) is 0 Å². The van der Waals surface area contributed by atoms with Crippen LogP contribution in [0.1, 0.15) is 31.9 Å². The topological polar surface area (TPSA) is 21.3 Å². The first-order valence-electron chi connectivity index (χ1n) is 6.33. The summed E-state index contributed by atoms with van der Waals surface area (Å²) in [5.41, 5.74) is 2.66. The molecule has 1 fully saturated rings. The molecule has 1 aromatic carbocycles. The van der Waals surface area contributed by atoms with Crippen molar-refractivity contribution in [1.29, 1.82) is 0 Å². The predicted octanol–water partition coefficient (Wildman–Crippen LogP) is 3.32. The fraction of sp³-hybridized carbons (Fsp3) is 0.600. The lowest BCUT2D eigenvalue weighted by Crippen LogP contribution is -2.56. The molecule has 18 heavy (non-hydrogen) atoms. The quantitative estimate of drug-likeness (QED) is 0.889. The van der Waals surface area contributed by atoms with Gasteiger partial charge in [-0.2, -0.15) is 0 Å². The van der Waals surface area contributed by atoms with Crippen molar-refractivity contribution < 1.29 is 4.74 Å². The number of halogens is 1. The second kappa shape index (κ2) is 5.60. The van der Waals surface area contributed by atoms with E-state index in [-0.39, 0.29) is 23.5 Å². The van der Waals surface area contributed by atoms with Gasteiger partial charge in [-0.15, -0.1) is 12.4 Å². The molecule has 1 N–H and O–H groups in total. The second-order valence-electron chi connectivity index (χ2n) is 6.20. The van der Waals surface area contributed by atoms with Crippen LogP contribution < -0.4 is 5.32 Å². The third-order valence-electron chi connectivity index (χ3n) is 3.35. The summed E-state index contributed by atoms with van der Waals surface area (Å²) in [4.78, 5) is 0. The predicted molar refractivity (Wildman–Crippen MR) is 78.3 cm³/mol. The number of aryl methyl sites for hydroxylation is 1. The average Bonchev–Trinajstić information content (AvgIpc) is 2.24. The minimum atomic E-state index is -0.219. The Bertz CT molecular complexity index is 393. The van der Waals surface area contributed by atoms with Crippen molar-refractivity contribution in [1.82, 2.24) is 5.32 Å². The molecule has 1 saturated heterocycles. The van der Waals surface area contributed by atoms with E-state index in [4.69, 9.17) is 4.74 Å². The number of rotatable bonds is 2. The zero-order valence-corrected chi connectivity index (χ0v) is 12.6. The Kier molecular flexibility index (Phi) is 4.82. The molecule has 1 aliphatic heterocycles. The smallest absolute Gasteiger partial charge is 0.120 e. The molecule has 102 valence electrons. The van der Waals surface area contributed by atoms with Crippen LogP contribution in [0.15, 0.2) is 24.3 Å². The fourth-order valence-electron chi connectivity index (χ4n) is 2.21. The highest BCUT2D eigenvalue weighted by Gasteiger charge is 2.35. The van der Waals surface area contributed by atoms with E-state index in [9.17, 15) is 0 Å². The van der Waals surface area contributed by atoms with Crippen molar-refractivity contribution >= 4 is 12.4 Å². The van der Waals surface area contributed by atoms with Crippen LogP contribution >= 0.6 is 12.4 Å². The van der Waals surface area contributed by atoms with Gasteiger partial charge in [-0.3, -0.25) is 5.32 Å². The van der Waals surface area contributed by atoms with Crippen molar-refractivity contribution in [3.8, 4) is 0 Å². The highest BCUT2D eigenvalue weighted by Crippen LogP contribution is 2.26. The molecule has 3 heteroatoms. The molecule has 0 amide bonds. The van der Waals surface area contributed by atoms with Gasteiger partial charge < -0.3 is 4.74 Å². The Morgan fingerprint density at radius 2 is 2.00 bits per heavy atom. The first-order chi connectivity index (χ1) is 7.89. The van der Waals surface area contributed by atoms with E-state index >= 15 is 0 Å². The van der Waals surface area contributed by atoms with Gasteiger partial charge in [0, 0.05) is 18.4 Å². The van der Waals surface area contributed by atoms with E-state index in [1.807, 2.05) is 0 Å². The molecule has 2 rings (SSSR count). The third-order valence-corrected chi connectivity index (χ3v) is 3.35. The van der Waals surface area contributed by atoms with Gasteiger partial charge in [0.25, 0.3) is 0 Å². The van der Waals surface area contributed by atoms with E-state index in [1.54, 1.807) is 0 Å². The molecule has 0 bridgehead atoms. The Labute approximate surface area is 117 Å². The highest BCUT2D eigenvalue weighted by atomic mass is 35.5. The zero-order valence-electron chi connectivity index (χ0n) is 11.7. The highest BCUT2D eigenvalue weighted by molar-refractivity contribution is 5.85. The van der Waals surface area contributed by atoms with E-state index in [1.165, 1.54) is 11.1 Å². The molecular weight excluding hydrogens is 246 g/mol. The van der Waals surface area contributed by atoms with E-state index in [0.717, 1.165) is 19.6 Å². The normalized spacial score (nSPS) is 26.4. The largest absolute Gasteiger partial charge is 0.360 e. The molecule has 0 aromatic heterocycles. The van der Waals surface area contributed by atoms with Gasteiger partial charge >= 0.3 is 0 Å². The van der Waals surface area contributed by atoms with Crippen LogP contribution in [0.5, 0.6) is 0 Å². The Balaban J connectivity index is 0.00000162. The fourth-order valence-corrected chi connectivity index (χ4v) is 2.21. The first kappa shape index (κ1) is 15.5. The van der Waals surface area contributed by atoms with Gasteiger partial charge in [-0.1, -0.05) is 43.7 Å². The maximum atomic E-state index is 6.01. The minimum absolute atomic E-state index is 0. The lowest BCUT2D eigenvalue weighted by atomic mass is 9.90. The Morgan fingerprint density at radius 1 is 1.28 bits per heavy atom. The molecular formula is C15H24ClNO. The summed E-state index contributed by atoms with van der Waals surface area (Å²) in [6.07, 6.45) is 0.921. The summed E-state index contributed by atoms with van der Waals surface area (Å²) in [7, 11) is 0. The zero-order chi connectivity index (χ0) is 12.5. The van der Waals surface area contributed by atoms with Crippen molar-refractivity contribution in [2.24, 2.45) is 5.41 Å². The van der Waals surface area contributed by atoms with Gasteiger partial charge in [0.15, 0.2) is 0 Å². The lowest BCUT2D eigenvalue weighted by molar-refractivity contribution is -0.125. The molecule has 2 nitrogen and oxygen atoms in total.